The molecule has 3 aromatic carbocycles. The predicted molar refractivity (Wildman–Crippen MR) is 212 cm³/mol. The molecule has 3 aliphatic heterocycles. The molecule has 0 saturated carbocycles. The summed E-state index contributed by atoms with van der Waals surface area (Å²) in [6.45, 7) is 12.8. The number of nitrogens with one attached hydrogen (secondary N) is 2. The van der Waals surface area contributed by atoms with E-state index >= 15 is 0 Å². The Morgan fingerprint density at radius 2 is 1.47 bits per heavy atom. The van der Waals surface area contributed by atoms with E-state index in [1.807, 2.05) is 78.9 Å². The molecule has 302 valence electrons. The summed E-state index contributed by atoms with van der Waals surface area (Å²) in [6, 6.07) is 24.1. The summed E-state index contributed by atoms with van der Waals surface area (Å²) in [6.07, 6.45) is -2.57. The van der Waals surface area contributed by atoms with E-state index in [0.717, 1.165) is 28.5 Å². The van der Waals surface area contributed by atoms with Gasteiger partial charge in [0.25, 0.3) is 5.91 Å². The minimum atomic E-state index is -2.53. The van der Waals surface area contributed by atoms with Crippen molar-refractivity contribution < 1.29 is 47.3 Å². The maximum Gasteiger partial charge on any atom is 0.351 e. The fourth-order valence-electron chi connectivity index (χ4n) is 6.95. The number of methoxy groups -OCH3 is 2. The molecule has 3 aromatic rings. The highest BCUT2D eigenvalue weighted by Gasteiger charge is 2.63. The van der Waals surface area contributed by atoms with E-state index in [1.165, 1.54) is 6.92 Å². The molecule has 1 fully saturated rings. The molecule has 57 heavy (non-hydrogen) atoms. The number of rotatable bonds is 12. The van der Waals surface area contributed by atoms with Crippen LogP contribution in [0.15, 0.2) is 88.8 Å². The van der Waals surface area contributed by atoms with Gasteiger partial charge in [-0.15, -0.1) is 0 Å². The van der Waals surface area contributed by atoms with Crippen LogP contribution in [0, 0.1) is 0 Å². The van der Waals surface area contributed by atoms with Gasteiger partial charge in [-0.1, -0.05) is 75.4 Å². The van der Waals surface area contributed by atoms with E-state index in [-0.39, 0.29) is 24.0 Å². The number of fused-ring (bicyclic) bond motifs is 1. The van der Waals surface area contributed by atoms with Gasteiger partial charge in [0.2, 0.25) is 17.6 Å². The fraction of sp³-hybridized carbons (Fsp3) is 0.415. The first-order valence-corrected chi connectivity index (χ1v) is 21.5. The van der Waals surface area contributed by atoms with Gasteiger partial charge in [0.05, 0.1) is 26.9 Å². The van der Waals surface area contributed by atoms with E-state index in [2.05, 4.69) is 54.5 Å². The summed E-state index contributed by atoms with van der Waals surface area (Å²) >= 11 is 0. The van der Waals surface area contributed by atoms with E-state index in [4.69, 9.17) is 28.1 Å². The van der Waals surface area contributed by atoms with Gasteiger partial charge >= 0.3 is 17.8 Å². The highest BCUT2D eigenvalue weighted by molar-refractivity contribution is 6.74. The molecule has 0 spiro atoms. The minimum Gasteiger partial charge on any atom is -0.497 e. The maximum atomic E-state index is 13.9. The van der Waals surface area contributed by atoms with Crippen LogP contribution in [0.5, 0.6) is 11.5 Å². The van der Waals surface area contributed by atoms with E-state index < -0.39 is 67.7 Å². The molecule has 16 heteroatoms. The SMILES string of the molecule is COc1ccc(C(OC[C@H]2O[C@@H](N3C(=O)N=C4C(=O)NC(NC(C)=O)=N[C@@]43OC(C)=O)C[C@@H]2O[Si](C)(C)C(C)(C)C)(c2ccccc2)c2ccc(OC)cc2)cc1. The molecule has 0 aliphatic carbocycles. The van der Waals surface area contributed by atoms with Crippen molar-refractivity contribution in [3.63, 3.8) is 0 Å². The Labute approximate surface area is 332 Å². The first-order valence-electron chi connectivity index (χ1n) is 18.6. The van der Waals surface area contributed by atoms with Crippen molar-refractivity contribution in [1.29, 1.82) is 0 Å². The lowest BCUT2D eigenvalue weighted by atomic mass is 9.80. The third kappa shape index (κ3) is 7.94. The molecule has 3 heterocycles. The average Bonchev–Trinajstić information content (AvgIpc) is 3.67. The fourth-order valence-corrected chi connectivity index (χ4v) is 8.31. The lowest BCUT2D eigenvalue weighted by Crippen LogP contribution is -2.65. The summed E-state index contributed by atoms with van der Waals surface area (Å²) < 4.78 is 37.7. The van der Waals surface area contributed by atoms with Crippen molar-refractivity contribution >= 4 is 43.8 Å². The molecule has 3 aliphatic rings. The van der Waals surface area contributed by atoms with Crippen LogP contribution < -0.4 is 20.1 Å². The molecule has 15 nitrogen and oxygen atoms in total. The highest BCUT2D eigenvalue weighted by Crippen LogP contribution is 2.45. The zero-order valence-corrected chi connectivity index (χ0v) is 34.6. The number of hydrogen-bond donors (Lipinski definition) is 2. The zero-order valence-electron chi connectivity index (χ0n) is 33.6. The van der Waals surface area contributed by atoms with Crippen molar-refractivity contribution in [3.05, 3.63) is 95.6 Å². The Morgan fingerprint density at radius 1 is 0.912 bits per heavy atom. The first kappa shape index (κ1) is 41.2. The second-order valence-electron chi connectivity index (χ2n) is 15.5. The van der Waals surface area contributed by atoms with Gasteiger partial charge in [0, 0.05) is 20.3 Å². The Bertz CT molecular complexity index is 2020. The quantitative estimate of drug-likeness (QED) is 0.140. The molecule has 0 radical (unpaired) electrons. The molecule has 0 unspecified atom stereocenters. The van der Waals surface area contributed by atoms with Crippen molar-refractivity contribution in [2.45, 2.75) is 89.1 Å². The molecule has 0 aromatic heterocycles. The van der Waals surface area contributed by atoms with Crippen LogP contribution in [-0.4, -0.2) is 93.8 Å². The molecule has 1 saturated heterocycles. The topological polar surface area (TPSA) is 176 Å². The molecule has 4 atom stereocenters. The number of carbonyl (C=O) groups is 4. The van der Waals surface area contributed by atoms with Gasteiger partial charge in [-0.3, -0.25) is 25.0 Å². The number of ether oxygens (including phenoxy) is 5. The number of amides is 4. The molecular weight excluding hydrogens is 751 g/mol. The average molecular weight is 800 g/mol. The molecular formula is C41H49N5O10Si. The van der Waals surface area contributed by atoms with Gasteiger partial charge in [-0.05, 0) is 59.1 Å². The maximum absolute atomic E-state index is 13.9. The smallest absolute Gasteiger partial charge is 0.351 e. The minimum absolute atomic E-state index is 0.0556. The highest BCUT2D eigenvalue weighted by atomic mass is 28.4. The van der Waals surface area contributed by atoms with Gasteiger partial charge < -0.3 is 28.1 Å². The number of esters is 1. The van der Waals surface area contributed by atoms with Gasteiger partial charge in [-0.2, -0.15) is 9.98 Å². The van der Waals surface area contributed by atoms with E-state index in [0.29, 0.717) is 11.5 Å². The van der Waals surface area contributed by atoms with E-state index in [9.17, 15) is 19.2 Å². The van der Waals surface area contributed by atoms with Crippen molar-refractivity contribution in [1.82, 2.24) is 15.5 Å². The van der Waals surface area contributed by atoms with Gasteiger partial charge in [0.15, 0.2) is 8.32 Å². The standard InChI is InChI=1S/C41H49N5O10Si/c1-25(47)42-37-44-36(49)35-41(45-37,55-26(2)48)46(38(50)43-35)34-23-32(56-57(8,9)39(3,4)5)33(54-34)24-53-40(27-13-11-10-12-14-27,28-15-19-30(51-6)20-16-28)29-17-21-31(52-7)22-18-29/h10-22,32-34H,23-24H2,1-9H3,(H2,42,44,45,47,49)/t32-,33+,34+,41-/m0/s1. The summed E-state index contributed by atoms with van der Waals surface area (Å²) in [7, 11) is 0.681. The number of carbonyl (C=O) groups excluding carboxylic acids is 4. The van der Waals surface area contributed by atoms with Crippen LogP contribution >= 0.6 is 0 Å². The molecule has 0 bridgehead atoms. The number of nitrogens with zero attached hydrogens (tertiary/aromatic N) is 3. The summed E-state index contributed by atoms with van der Waals surface area (Å²) in [5.41, 5.74) is 0.729. The largest absolute Gasteiger partial charge is 0.497 e. The van der Waals surface area contributed by atoms with Crippen LogP contribution in [-0.2, 0) is 38.6 Å². The van der Waals surface area contributed by atoms with Crippen LogP contribution in [0.25, 0.3) is 0 Å². The van der Waals surface area contributed by atoms with Crippen molar-refractivity contribution in [2.75, 3.05) is 20.8 Å². The molecule has 4 amide bonds. The number of urea groups is 1. The third-order valence-electron chi connectivity index (χ3n) is 10.7. The van der Waals surface area contributed by atoms with Crippen LogP contribution in [0.1, 0.15) is 57.7 Å². The third-order valence-corrected chi connectivity index (χ3v) is 15.2. The Balaban J connectivity index is 1.46. The monoisotopic (exact) mass is 799 g/mol. The Kier molecular flexibility index (Phi) is 11.5. The van der Waals surface area contributed by atoms with Crippen LogP contribution in [0.4, 0.5) is 4.79 Å². The summed E-state index contributed by atoms with van der Waals surface area (Å²) in [5.74, 6) is -3.67. The number of aliphatic imine (C=N–C) groups is 2. The second kappa shape index (κ2) is 15.8. The van der Waals surface area contributed by atoms with Gasteiger partial charge in [0.1, 0.15) is 29.4 Å². The van der Waals surface area contributed by atoms with Crippen molar-refractivity contribution in [2.24, 2.45) is 9.98 Å². The summed E-state index contributed by atoms with van der Waals surface area (Å²) in [5, 5.41) is 4.59. The van der Waals surface area contributed by atoms with Crippen LogP contribution in [0.2, 0.25) is 18.1 Å². The lowest BCUT2D eigenvalue weighted by molar-refractivity contribution is -0.178. The molecule has 6 rings (SSSR count). The second-order valence-corrected chi connectivity index (χ2v) is 20.3. The summed E-state index contributed by atoms with van der Waals surface area (Å²) in [4.78, 5) is 61.3. The lowest BCUT2D eigenvalue weighted by Gasteiger charge is -2.40. The van der Waals surface area contributed by atoms with Crippen molar-refractivity contribution in [3.8, 4) is 11.5 Å². The number of benzene rings is 3. The number of guanidine groups is 1. The normalized spacial score (nSPS) is 22.3. The predicted octanol–water partition coefficient (Wildman–Crippen LogP) is 5.23. The van der Waals surface area contributed by atoms with Crippen LogP contribution in [0.3, 0.4) is 0 Å². The zero-order chi connectivity index (χ0) is 41.3. The molecule has 2 N–H and O–H groups in total. The first-order chi connectivity index (χ1) is 26.9. The van der Waals surface area contributed by atoms with Gasteiger partial charge in [-0.25, -0.2) is 9.69 Å². The Hall–Kier alpha value is -5.42. The van der Waals surface area contributed by atoms with E-state index in [1.54, 1.807) is 14.2 Å². The number of hydrogen-bond acceptors (Lipinski definition) is 11. The Morgan fingerprint density at radius 3 is 1.98 bits per heavy atom.